The molecule has 1 aliphatic heterocycles. The van der Waals surface area contributed by atoms with Crippen LogP contribution in [-0.2, 0) is 9.59 Å². The van der Waals surface area contributed by atoms with Crippen molar-refractivity contribution in [2.45, 2.75) is 37.8 Å². The predicted molar refractivity (Wildman–Crippen MR) is 124 cm³/mol. The summed E-state index contributed by atoms with van der Waals surface area (Å²) in [5, 5.41) is 10.9. The average Bonchev–Trinajstić information content (AvgIpc) is 3.36. The highest BCUT2D eigenvalue weighted by atomic mass is 35.5. The maximum Gasteiger partial charge on any atom is 0.267 e. The summed E-state index contributed by atoms with van der Waals surface area (Å²) in [6, 6.07) is 12.0. The molecule has 6 nitrogen and oxygen atoms in total. The molecule has 0 bridgehead atoms. The van der Waals surface area contributed by atoms with Gasteiger partial charge < -0.3 is 11.1 Å². The molecule has 2 aromatic carbocycles. The summed E-state index contributed by atoms with van der Waals surface area (Å²) in [7, 11) is 0. The summed E-state index contributed by atoms with van der Waals surface area (Å²) in [4.78, 5) is 24.7. The Morgan fingerprint density at radius 1 is 1.03 bits per heavy atom. The monoisotopic (exact) mass is 478 g/mol. The molecule has 2 amide bonds. The lowest BCUT2D eigenvalue weighted by atomic mass is 10.00. The Hall–Kier alpha value is -2.28. The normalized spacial score (nSPS) is 23.0. The molecule has 3 atom stereocenters. The van der Waals surface area contributed by atoms with Crippen molar-refractivity contribution in [3.8, 4) is 0 Å². The summed E-state index contributed by atoms with van der Waals surface area (Å²) in [5.74, 6) is -1.03. The van der Waals surface area contributed by atoms with E-state index in [4.69, 9.17) is 40.5 Å². The minimum absolute atomic E-state index is 0.243. The van der Waals surface area contributed by atoms with Crippen LogP contribution in [0.4, 0.5) is 5.69 Å². The fourth-order valence-electron chi connectivity index (χ4n) is 4.21. The number of nitrogens with zero attached hydrogens (tertiary/aromatic N) is 2. The number of hydrogen-bond donors (Lipinski definition) is 2. The minimum atomic E-state index is -0.384. The van der Waals surface area contributed by atoms with E-state index < -0.39 is 0 Å². The molecule has 3 N–H and O–H groups in total. The van der Waals surface area contributed by atoms with Crippen LogP contribution in [0.1, 0.15) is 37.3 Å². The molecule has 0 radical (unpaired) electrons. The number of anilines is 1. The molecule has 2 aliphatic rings. The fourth-order valence-corrected chi connectivity index (χ4v) is 4.83. The second-order valence-corrected chi connectivity index (χ2v) is 9.06. The summed E-state index contributed by atoms with van der Waals surface area (Å²) in [6.07, 6.45) is 2.64. The zero-order chi connectivity index (χ0) is 22.1. The van der Waals surface area contributed by atoms with E-state index in [9.17, 15) is 9.59 Å². The van der Waals surface area contributed by atoms with Crippen LogP contribution < -0.4 is 16.1 Å². The van der Waals surface area contributed by atoms with E-state index in [-0.39, 0.29) is 29.8 Å². The van der Waals surface area contributed by atoms with E-state index in [0.717, 1.165) is 18.4 Å². The van der Waals surface area contributed by atoms with E-state index >= 15 is 0 Å². The number of carbonyl (C=O) groups is 2. The van der Waals surface area contributed by atoms with Gasteiger partial charge in [0.05, 0.1) is 22.7 Å². The van der Waals surface area contributed by atoms with Gasteiger partial charge in [-0.05, 0) is 48.7 Å². The predicted octanol–water partition coefficient (Wildman–Crippen LogP) is 4.72. The van der Waals surface area contributed by atoms with Crippen LogP contribution in [0.25, 0.3) is 0 Å². The summed E-state index contributed by atoms with van der Waals surface area (Å²) in [6.45, 7) is 0. The summed E-state index contributed by atoms with van der Waals surface area (Å²) in [5.41, 5.74) is 7.44. The van der Waals surface area contributed by atoms with Crippen LogP contribution in [0.5, 0.6) is 0 Å². The fraction of sp³-hybridized carbons (Fsp3) is 0.318. The minimum Gasteiger partial charge on any atom is -0.369 e. The van der Waals surface area contributed by atoms with Gasteiger partial charge >= 0.3 is 0 Å². The van der Waals surface area contributed by atoms with Crippen LogP contribution in [0.15, 0.2) is 47.6 Å². The van der Waals surface area contributed by atoms with Crippen molar-refractivity contribution in [1.82, 2.24) is 5.32 Å². The topological polar surface area (TPSA) is 87.8 Å². The van der Waals surface area contributed by atoms with Crippen LogP contribution in [0.2, 0.25) is 15.1 Å². The van der Waals surface area contributed by atoms with Crippen molar-refractivity contribution in [3.05, 3.63) is 63.1 Å². The van der Waals surface area contributed by atoms with Crippen LogP contribution >= 0.6 is 34.8 Å². The number of halogens is 3. The molecule has 1 aliphatic carbocycles. The third-order valence-corrected chi connectivity index (χ3v) is 6.57. The van der Waals surface area contributed by atoms with Crippen molar-refractivity contribution in [1.29, 1.82) is 0 Å². The first kappa shape index (κ1) is 21.9. The molecule has 31 heavy (non-hydrogen) atoms. The standard InChI is InChI=1S/C22H21Cl3N4O2/c23-13-6-4-12(5-7-13)20-11-18(22(31)27-17-3-1-2-15(17)21(26)30)28-29(20)19-9-8-14(24)10-16(19)25/h4-10,15,17,20H,1-3,11H2,(H2,26,30)(H,27,31). The molecule has 1 heterocycles. The van der Waals surface area contributed by atoms with Gasteiger partial charge in [-0.25, -0.2) is 0 Å². The molecule has 0 aromatic heterocycles. The lowest BCUT2D eigenvalue weighted by molar-refractivity contribution is -0.122. The molecule has 0 spiro atoms. The highest BCUT2D eigenvalue weighted by Crippen LogP contribution is 2.40. The second kappa shape index (κ2) is 9.07. The number of nitrogens with two attached hydrogens (primary N) is 1. The van der Waals surface area contributed by atoms with E-state index in [1.165, 1.54) is 0 Å². The van der Waals surface area contributed by atoms with Crippen molar-refractivity contribution in [3.63, 3.8) is 0 Å². The molecule has 0 saturated heterocycles. The van der Waals surface area contributed by atoms with Gasteiger partial charge in [0, 0.05) is 22.5 Å². The molecule has 4 rings (SSSR count). The largest absolute Gasteiger partial charge is 0.369 e. The van der Waals surface area contributed by atoms with Gasteiger partial charge in [-0.15, -0.1) is 0 Å². The highest BCUT2D eigenvalue weighted by Gasteiger charge is 2.37. The van der Waals surface area contributed by atoms with Gasteiger partial charge in [0.2, 0.25) is 5.91 Å². The molecule has 1 fully saturated rings. The van der Waals surface area contributed by atoms with Crippen molar-refractivity contribution >= 4 is 58.0 Å². The van der Waals surface area contributed by atoms with Crippen molar-refractivity contribution < 1.29 is 9.59 Å². The number of carbonyl (C=O) groups excluding carboxylic acids is 2. The Kier molecular flexibility index (Phi) is 6.42. The van der Waals surface area contributed by atoms with Crippen molar-refractivity contribution in [2.75, 3.05) is 5.01 Å². The van der Waals surface area contributed by atoms with Crippen LogP contribution in [0.3, 0.4) is 0 Å². The van der Waals surface area contributed by atoms with Crippen LogP contribution in [0, 0.1) is 5.92 Å². The third kappa shape index (κ3) is 4.66. The van der Waals surface area contributed by atoms with E-state index in [1.54, 1.807) is 35.3 Å². The van der Waals surface area contributed by atoms with E-state index in [1.807, 2.05) is 12.1 Å². The first-order valence-corrected chi connectivity index (χ1v) is 11.1. The quantitative estimate of drug-likeness (QED) is 0.650. The Bertz CT molecular complexity index is 1040. The van der Waals surface area contributed by atoms with E-state index in [2.05, 4.69) is 10.4 Å². The van der Waals surface area contributed by atoms with Gasteiger partial charge in [0.15, 0.2) is 0 Å². The molecular formula is C22H21Cl3N4O2. The molecule has 9 heteroatoms. The molecule has 3 unspecified atom stereocenters. The van der Waals surface area contributed by atoms with Crippen molar-refractivity contribution in [2.24, 2.45) is 16.8 Å². The lowest BCUT2D eigenvalue weighted by Gasteiger charge is -2.25. The smallest absolute Gasteiger partial charge is 0.267 e. The maximum absolute atomic E-state index is 13.0. The zero-order valence-corrected chi connectivity index (χ0v) is 18.8. The Labute approximate surface area is 195 Å². The number of hydrogen-bond acceptors (Lipinski definition) is 4. The second-order valence-electron chi connectivity index (χ2n) is 7.78. The number of rotatable bonds is 5. The Morgan fingerprint density at radius 2 is 1.74 bits per heavy atom. The number of primary amides is 1. The number of nitrogens with one attached hydrogen (secondary N) is 1. The molecule has 2 aromatic rings. The number of hydrazone groups is 1. The van der Waals surface area contributed by atoms with E-state index in [0.29, 0.717) is 39.3 Å². The van der Waals surface area contributed by atoms with Crippen LogP contribution in [-0.4, -0.2) is 23.6 Å². The first-order chi connectivity index (χ1) is 14.8. The Balaban J connectivity index is 1.63. The first-order valence-electron chi connectivity index (χ1n) is 10.0. The summed E-state index contributed by atoms with van der Waals surface area (Å²) < 4.78 is 0. The molecule has 1 saturated carbocycles. The molecular weight excluding hydrogens is 459 g/mol. The number of amides is 2. The Morgan fingerprint density at radius 3 is 2.42 bits per heavy atom. The molecule has 162 valence electrons. The average molecular weight is 480 g/mol. The zero-order valence-electron chi connectivity index (χ0n) is 16.5. The van der Waals surface area contributed by atoms with Gasteiger partial charge in [-0.3, -0.25) is 14.6 Å². The lowest BCUT2D eigenvalue weighted by Crippen LogP contribution is -2.44. The highest BCUT2D eigenvalue weighted by molar-refractivity contribution is 6.40. The summed E-state index contributed by atoms with van der Waals surface area (Å²) >= 11 is 18.5. The third-order valence-electron chi connectivity index (χ3n) is 5.78. The number of benzene rings is 2. The van der Waals surface area contributed by atoms with Gasteiger partial charge in [-0.2, -0.15) is 5.10 Å². The SMILES string of the molecule is NC(=O)C1CCCC1NC(=O)C1=NN(c2ccc(Cl)cc2Cl)C(c2ccc(Cl)cc2)C1. The maximum atomic E-state index is 13.0. The van der Waals surface area contributed by atoms with Gasteiger partial charge in [0.25, 0.3) is 5.91 Å². The van der Waals surface area contributed by atoms with Gasteiger partial charge in [-0.1, -0.05) is 53.4 Å². The van der Waals surface area contributed by atoms with Gasteiger partial charge in [0.1, 0.15) is 5.71 Å².